The van der Waals surface area contributed by atoms with E-state index in [0.717, 1.165) is 0 Å². The van der Waals surface area contributed by atoms with Crippen LogP contribution in [0.2, 0.25) is 0 Å². The first-order valence-corrected chi connectivity index (χ1v) is 3.44. The summed E-state index contributed by atoms with van der Waals surface area (Å²) in [6.45, 7) is -0.0261. The van der Waals surface area contributed by atoms with Gasteiger partial charge in [0.15, 0.2) is 0 Å². The molecule has 0 fully saturated rings. The van der Waals surface area contributed by atoms with Crippen LogP contribution in [-0.2, 0) is 6.54 Å². The highest BCUT2D eigenvalue weighted by atomic mass is 19.1. The van der Waals surface area contributed by atoms with Crippen molar-refractivity contribution in [2.45, 2.75) is 6.54 Å². The van der Waals surface area contributed by atoms with Crippen LogP contribution < -0.4 is 10.5 Å². The zero-order valence-electron chi connectivity index (χ0n) is 6.67. The Bertz CT molecular complexity index is 265. The maximum atomic E-state index is 13.0. The number of phenolic OH excluding ortho intramolecular Hbond substituents is 1. The largest absolute Gasteiger partial charge is 0.507 e. The molecule has 0 unspecified atom stereocenters. The summed E-state index contributed by atoms with van der Waals surface area (Å²) in [6.07, 6.45) is 0. The summed E-state index contributed by atoms with van der Waals surface area (Å²) in [6, 6.07) is 2.51. The Labute approximate surface area is 69.6 Å². The van der Waals surface area contributed by atoms with Crippen LogP contribution in [0.3, 0.4) is 0 Å². The minimum atomic E-state index is -0.547. The third-order valence-corrected chi connectivity index (χ3v) is 1.59. The van der Waals surface area contributed by atoms with Crippen LogP contribution in [0.1, 0.15) is 5.56 Å². The first kappa shape index (κ1) is 8.80. The molecule has 3 nitrogen and oxygen atoms in total. The van der Waals surface area contributed by atoms with Gasteiger partial charge in [0.2, 0.25) is 0 Å². The molecule has 12 heavy (non-hydrogen) atoms. The molecule has 0 spiro atoms. The van der Waals surface area contributed by atoms with Crippen molar-refractivity contribution < 1.29 is 14.2 Å². The minimum Gasteiger partial charge on any atom is -0.507 e. The molecule has 3 N–H and O–H groups in total. The van der Waals surface area contributed by atoms with Gasteiger partial charge in [-0.05, 0) is 0 Å². The van der Waals surface area contributed by atoms with Crippen LogP contribution >= 0.6 is 0 Å². The maximum absolute atomic E-state index is 13.0. The standard InChI is InChI=1S/C8H10FNO2/c1-12-5-2-7(9)6(4-10)8(11)3-5/h2-3,11H,4,10H2,1H3. The van der Waals surface area contributed by atoms with Crippen molar-refractivity contribution in [2.75, 3.05) is 7.11 Å². The molecule has 1 rings (SSSR count). The molecule has 1 aromatic carbocycles. The van der Waals surface area contributed by atoms with Crippen molar-refractivity contribution in [3.8, 4) is 11.5 Å². The molecule has 0 aliphatic carbocycles. The van der Waals surface area contributed by atoms with E-state index in [2.05, 4.69) is 0 Å². The Hall–Kier alpha value is -1.29. The number of phenols is 1. The Morgan fingerprint density at radius 1 is 1.58 bits per heavy atom. The third kappa shape index (κ3) is 1.48. The Morgan fingerprint density at radius 3 is 2.67 bits per heavy atom. The predicted octanol–water partition coefficient (Wildman–Crippen LogP) is 0.999. The van der Waals surface area contributed by atoms with Gasteiger partial charge in [-0.15, -0.1) is 0 Å². The van der Waals surface area contributed by atoms with E-state index in [-0.39, 0.29) is 23.6 Å². The zero-order valence-corrected chi connectivity index (χ0v) is 6.67. The lowest BCUT2D eigenvalue weighted by atomic mass is 10.2. The van der Waals surface area contributed by atoms with Gasteiger partial charge in [-0.2, -0.15) is 0 Å². The van der Waals surface area contributed by atoms with Crippen molar-refractivity contribution in [2.24, 2.45) is 5.73 Å². The van der Waals surface area contributed by atoms with E-state index in [1.54, 1.807) is 0 Å². The second-order valence-electron chi connectivity index (χ2n) is 2.31. The number of halogens is 1. The fourth-order valence-electron chi connectivity index (χ4n) is 0.918. The summed E-state index contributed by atoms with van der Waals surface area (Å²) in [5.74, 6) is -0.439. The van der Waals surface area contributed by atoms with Crippen LogP contribution in [-0.4, -0.2) is 12.2 Å². The molecular weight excluding hydrogens is 161 g/mol. The number of benzene rings is 1. The zero-order chi connectivity index (χ0) is 9.14. The molecule has 0 saturated heterocycles. The number of aromatic hydroxyl groups is 1. The van der Waals surface area contributed by atoms with Gasteiger partial charge in [0, 0.05) is 24.2 Å². The number of methoxy groups -OCH3 is 1. The first-order chi connectivity index (χ1) is 5.69. The van der Waals surface area contributed by atoms with Gasteiger partial charge in [0.25, 0.3) is 0 Å². The number of nitrogens with two attached hydrogens (primary N) is 1. The van der Waals surface area contributed by atoms with Gasteiger partial charge in [-0.3, -0.25) is 0 Å². The van der Waals surface area contributed by atoms with Crippen LogP contribution in [0.4, 0.5) is 4.39 Å². The van der Waals surface area contributed by atoms with Crippen LogP contribution in [0.15, 0.2) is 12.1 Å². The Balaban J connectivity index is 3.18. The number of ether oxygens (including phenoxy) is 1. The van der Waals surface area contributed by atoms with Crippen molar-refractivity contribution in [1.82, 2.24) is 0 Å². The molecule has 66 valence electrons. The molecular formula is C8H10FNO2. The fraction of sp³-hybridized carbons (Fsp3) is 0.250. The predicted molar refractivity (Wildman–Crippen MR) is 42.5 cm³/mol. The van der Waals surface area contributed by atoms with Gasteiger partial charge >= 0.3 is 0 Å². The second-order valence-corrected chi connectivity index (χ2v) is 2.31. The van der Waals surface area contributed by atoms with Gasteiger partial charge in [-0.1, -0.05) is 0 Å². The molecule has 0 bridgehead atoms. The lowest BCUT2D eigenvalue weighted by Gasteiger charge is -2.05. The van der Waals surface area contributed by atoms with Crippen molar-refractivity contribution in [3.05, 3.63) is 23.5 Å². The summed E-state index contributed by atoms with van der Waals surface area (Å²) < 4.78 is 17.7. The van der Waals surface area contributed by atoms with E-state index in [1.165, 1.54) is 19.2 Å². The molecule has 0 saturated carbocycles. The highest BCUT2D eigenvalue weighted by Crippen LogP contribution is 2.25. The van der Waals surface area contributed by atoms with E-state index < -0.39 is 5.82 Å². The van der Waals surface area contributed by atoms with Gasteiger partial charge in [0.1, 0.15) is 17.3 Å². The van der Waals surface area contributed by atoms with Crippen molar-refractivity contribution in [1.29, 1.82) is 0 Å². The number of hydrogen-bond donors (Lipinski definition) is 2. The normalized spacial score (nSPS) is 9.92. The Kier molecular flexibility index (Phi) is 2.50. The highest BCUT2D eigenvalue weighted by Gasteiger charge is 2.08. The summed E-state index contributed by atoms with van der Waals surface area (Å²) in [7, 11) is 1.40. The van der Waals surface area contributed by atoms with E-state index in [1.807, 2.05) is 0 Å². The summed E-state index contributed by atoms with van der Waals surface area (Å²) in [5, 5.41) is 9.20. The second kappa shape index (κ2) is 3.40. The summed E-state index contributed by atoms with van der Waals surface area (Å²) in [4.78, 5) is 0. The van der Waals surface area contributed by atoms with Gasteiger partial charge in [-0.25, -0.2) is 4.39 Å². The fourth-order valence-corrected chi connectivity index (χ4v) is 0.918. The molecule has 1 aromatic rings. The topological polar surface area (TPSA) is 55.5 Å². The smallest absolute Gasteiger partial charge is 0.135 e. The molecule has 0 heterocycles. The quantitative estimate of drug-likeness (QED) is 0.697. The van der Waals surface area contributed by atoms with Crippen molar-refractivity contribution >= 4 is 0 Å². The van der Waals surface area contributed by atoms with Gasteiger partial charge < -0.3 is 15.6 Å². The average molecular weight is 171 g/mol. The summed E-state index contributed by atoms with van der Waals surface area (Å²) >= 11 is 0. The van der Waals surface area contributed by atoms with E-state index >= 15 is 0 Å². The lowest BCUT2D eigenvalue weighted by Crippen LogP contribution is -2.00. The first-order valence-electron chi connectivity index (χ1n) is 3.44. The molecule has 0 atom stereocenters. The third-order valence-electron chi connectivity index (χ3n) is 1.59. The average Bonchev–Trinajstić information content (AvgIpc) is 2.03. The van der Waals surface area contributed by atoms with Crippen molar-refractivity contribution in [3.63, 3.8) is 0 Å². The van der Waals surface area contributed by atoms with Crippen LogP contribution in [0.25, 0.3) is 0 Å². The highest BCUT2D eigenvalue weighted by molar-refractivity contribution is 5.40. The molecule has 0 aromatic heterocycles. The number of rotatable bonds is 2. The molecule has 0 amide bonds. The summed E-state index contributed by atoms with van der Waals surface area (Å²) in [5.41, 5.74) is 5.31. The minimum absolute atomic E-state index is 0.0261. The maximum Gasteiger partial charge on any atom is 0.135 e. The Morgan fingerprint density at radius 2 is 2.25 bits per heavy atom. The SMILES string of the molecule is COc1cc(O)c(CN)c(F)c1. The van der Waals surface area contributed by atoms with Crippen LogP contribution in [0, 0.1) is 5.82 Å². The lowest BCUT2D eigenvalue weighted by molar-refractivity contribution is 0.400. The molecule has 0 radical (unpaired) electrons. The monoisotopic (exact) mass is 171 g/mol. The van der Waals surface area contributed by atoms with E-state index in [9.17, 15) is 9.50 Å². The van der Waals surface area contributed by atoms with Crippen LogP contribution in [0.5, 0.6) is 11.5 Å². The van der Waals surface area contributed by atoms with E-state index in [4.69, 9.17) is 10.5 Å². The van der Waals surface area contributed by atoms with Gasteiger partial charge in [0.05, 0.1) is 7.11 Å². The number of hydrogen-bond acceptors (Lipinski definition) is 3. The molecule has 0 aliphatic heterocycles. The van der Waals surface area contributed by atoms with E-state index in [0.29, 0.717) is 0 Å². The molecule has 0 aliphatic rings. The molecule has 4 heteroatoms.